The van der Waals surface area contributed by atoms with Gasteiger partial charge >= 0.3 is 0 Å². The van der Waals surface area contributed by atoms with Gasteiger partial charge in [-0.25, -0.2) is 0 Å². The Morgan fingerprint density at radius 1 is 1.02 bits per heavy atom. The number of methoxy groups -OCH3 is 2. The van der Waals surface area contributed by atoms with Crippen molar-refractivity contribution in [2.24, 2.45) is 11.8 Å². The van der Waals surface area contributed by atoms with Crippen molar-refractivity contribution < 1.29 is 33.8 Å². The lowest BCUT2D eigenvalue weighted by atomic mass is 9.90. The highest BCUT2D eigenvalue weighted by atomic mass is 16.5. The Bertz CT molecular complexity index is 964. The molecule has 0 saturated heterocycles. The minimum Gasteiger partial charge on any atom is -0.386 e. The van der Waals surface area contributed by atoms with Crippen LogP contribution in [0.25, 0.3) is 0 Å². The Balaban J connectivity index is 3.17. The summed E-state index contributed by atoms with van der Waals surface area (Å²) in [5, 5.41) is 16.0. The van der Waals surface area contributed by atoms with E-state index < -0.39 is 36.4 Å². The standard InChI is InChI=1S/C31H52N4O7/c1-9-11-17-35(26(37)18-25(41-7)28(21(3)10-2)34(6)27(38)19-32-20-36)31(42-8)22(4)30(40)33-23(5)29(39)24-15-13-12-14-16-24/h12-16,20-23,25,28-29,31,39H,9-11,17-19H2,1-8H3,(H,32,36)(H,33,40). The highest BCUT2D eigenvalue weighted by Gasteiger charge is 2.38. The topological polar surface area (TPSA) is 138 Å². The van der Waals surface area contributed by atoms with Crippen molar-refractivity contribution in [1.29, 1.82) is 0 Å². The molecule has 0 bridgehead atoms. The van der Waals surface area contributed by atoms with Crippen LogP contribution < -0.4 is 10.6 Å². The molecule has 0 fully saturated rings. The summed E-state index contributed by atoms with van der Waals surface area (Å²) < 4.78 is 11.5. The minimum atomic E-state index is -0.900. The molecule has 0 saturated carbocycles. The molecule has 3 N–H and O–H groups in total. The number of amides is 4. The van der Waals surface area contributed by atoms with Crippen LogP contribution in [-0.2, 0) is 28.7 Å². The number of ether oxygens (including phenoxy) is 2. The molecule has 238 valence electrons. The highest BCUT2D eigenvalue weighted by Crippen LogP contribution is 2.24. The number of aliphatic hydroxyl groups excluding tert-OH is 1. The normalized spacial score (nSPS) is 16.2. The number of hydrogen-bond acceptors (Lipinski definition) is 7. The van der Waals surface area contributed by atoms with Gasteiger partial charge in [-0.05, 0) is 31.7 Å². The number of carbonyl (C=O) groups is 4. The van der Waals surface area contributed by atoms with Gasteiger partial charge in [-0.3, -0.25) is 19.2 Å². The first kappa shape index (κ1) is 37.0. The van der Waals surface area contributed by atoms with Gasteiger partial charge in [-0.2, -0.15) is 0 Å². The van der Waals surface area contributed by atoms with Gasteiger partial charge in [0.2, 0.25) is 24.1 Å². The van der Waals surface area contributed by atoms with Gasteiger partial charge in [-0.15, -0.1) is 0 Å². The third-order valence-electron chi connectivity index (χ3n) is 7.91. The number of nitrogens with one attached hydrogen (secondary N) is 2. The molecule has 4 amide bonds. The van der Waals surface area contributed by atoms with E-state index in [2.05, 4.69) is 10.6 Å². The van der Waals surface area contributed by atoms with Crippen molar-refractivity contribution in [3.05, 3.63) is 35.9 Å². The number of likely N-dealkylation sites (N-methyl/N-ethyl adjacent to an activating group) is 1. The molecule has 0 aliphatic carbocycles. The zero-order chi connectivity index (χ0) is 31.8. The molecule has 0 aliphatic heterocycles. The molecular weight excluding hydrogens is 540 g/mol. The molecule has 11 heteroatoms. The van der Waals surface area contributed by atoms with Crippen molar-refractivity contribution in [3.63, 3.8) is 0 Å². The summed E-state index contributed by atoms with van der Waals surface area (Å²) >= 11 is 0. The average molecular weight is 593 g/mol. The lowest BCUT2D eigenvalue weighted by Crippen LogP contribution is -2.55. The van der Waals surface area contributed by atoms with E-state index in [4.69, 9.17) is 9.47 Å². The highest BCUT2D eigenvalue weighted by molar-refractivity contribution is 5.82. The van der Waals surface area contributed by atoms with Gasteiger partial charge in [0.05, 0.1) is 43.2 Å². The van der Waals surface area contributed by atoms with E-state index in [-0.39, 0.29) is 36.6 Å². The zero-order valence-electron chi connectivity index (χ0n) is 26.5. The van der Waals surface area contributed by atoms with E-state index in [1.54, 1.807) is 37.9 Å². The van der Waals surface area contributed by atoms with Crippen LogP contribution in [0.2, 0.25) is 0 Å². The van der Waals surface area contributed by atoms with Crippen LogP contribution in [0.15, 0.2) is 30.3 Å². The summed E-state index contributed by atoms with van der Waals surface area (Å²) in [7, 11) is 4.62. The van der Waals surface area contributed by atoms with E-state index in [0.29, 0.717) is 24.9 Å². The van der Waals surface area contributed by atoms with Gasteiger partial charge in [0.25, 0.3) is 0 Å². The van der Waals surface area contributed by atoms with E-state index in [1.807, 2.05) is 39.0 Å². The maximum absolute atomic E-state index is 13.9. The third kappa shape index (κ3) is 10.7. The van der Waals surface area contributed by atoms with Gasteiger partial charge < -0.3 is 35.0 Å². The van der Waals surface area contributed by atoms with Crippen LogP contribution in [0.4, 0.5) is 0 Å². The fourth-order valence-corrected chi connectivity index (χ4v) is 5.12. The molecule has 42 heavy (non-hydrogen) atoms. The molecule has 1 aromatic carbocycles. The molecule has 1 aromatic rings. The summed E-state index contributed by atoms with van der Waals surface area (Å²) in [5.74, 6) is -1.66. The molecule has 7 atom stereocenters. The smallest absolute Gasteiger partial charge is 0.242 e. The van der Waals surface area contributed by atoms with Crippen LogP contribution >= 0.6 is 0 Å². The van der Waals surface area contributed by atoms with Gasteiger partial charge in [0.15, 0.2) is 0 Å². The molecule has 7 unspecified atom stereocenters. The molecule has 0 radical (unpaired) electrons. The van der Waals surface area contributed by atoms with Crippen molar-refractivity contribution in [2.75, 3.05) is 34.4 Å². The quantitative estimate of drug-likeness (QED) is 0.156. The summed E-state index contributed by atoms with van der Waals surface area (Å²) in [6.45, 7) is 9.63. The van der Waals surface area contributed by atoms with E-state index in [0.717, 1.165) is 12.8 Å². The Morgan fingerprint density at radius 3 is 2.19 bits per heavy atom. The van der Waals surface area contributed by atoms with E-state index in [1.165, 1.54) is 19.1 Å². The van der Waals surface area contributed by atoms with Crippen molar-refractivity contribution in [1.82, 2.24) is 20.4 Å². The van der Waals surface area contributed by atoms with Crippen LogP contribution in [-0.4, -0.2) is 97.8 Å². The fraction of sp³-hybridized carbons (Fsp3) is 0.677. The van der Waals surface area contributed by atoms with Crippen LogP contribution in [0, 0.1) is 11.8 Å². The number of unbranched alkanes of at least 4 members (excludes halogenated alkanes) is 1. The predicted molar refractivity (Wildman–Crippen MR) is 161 cm³/mol. The molecule has 0 heterocycles. The second-order valence-corrected chi connectivity index (χ2v) is 10.9. The molecule has 0 aliphatic rings. The van der Waals surface area contributed by atoms with Crippen LogP contribution in [0.3, 0.4) is 0 Å². The predicted octanol–water partition coefficient (Wildman–Crippen LogP) is 2.49. The number of aliphatic hydroxyl groups is 1. The lowest BCUT2D eigenvalue weighted by molar-refractivity contribution is -0.158. The Kier molecular flexibility index (Phi) is 16.9. The summed E-state index contributed by atoms with van der Waals surface area (Å²) in [6, 6.07) is 8.08. The van der Waals surface area contributed by atoms with Crippen molar-refractivity contribution in [3.8, 4) is 0 Å². The summed E-state index contributed by atoms with van der Waals surface area (Å²) in [6.07, 6.45) is 0.301. The molecule has 11 nitrogen and oxygen atoms in total. The molecular formula is C31H52N4O7. The number of rotatable bonds is 20. The maximum atomic E-state index is 13.9. The van der Waals surface area contributed by atoms with Gasteiger partial charge in [-0.1, -0.05) is 63.9 Å². The van der Waals surface area contributed by atoms with Crippen LogP contribution in [0.5, 0.6) is 0 Å². The second kappa shape index (κ2) is 19.2. The van der Waals surface area contributed by atoms with E-state index >= 15 is 0 Å². The molecule has 0 aromatic heterocycles. The van der Waals surface area contributed by atoms with E-state index in [9.17, 15) is 24.3 Å². The Morgan fingerprint density at radius 2 is 1.67 bits per heavy atom. The number of benzene rings is 1. The average Bonchev–Trinajstić information content (AvgIpc) is 3.00. The van der Waals surface area contributed by atoms with Crippen LogP contribution in [0.1, 0.15) is 72.0 Å². The zero-order valence-corrected chi connectivity index (χ0v) is 26.5. The Hall–Kier alpha value is -3.02. The largest absolute Gasteiger partial charge is 0.386 e. The van der Waals surface area contributed by atoms with Gasteiger partial charge in [0.1, 0.15) is 6.23 Å². The van der Waals surface area contributed by atoms with Crippen molar-refractivity contribution >= 4 is 24.1 Å². The fourth-order valence-electron chi connectivity index (χ4n) is 5.12. The first-order chi connectivity index (χ1) is 20.0. The van der Waals surface area contributed by atoms with Gasteiger partial charge in [0, 0.05) is 27.8 Å². The minimum absolute atomic E-state index is 0.00234. The molecule has 1 rings (SSSR count). The first-order valence-corrected chi connectivity index (χ1v) is 14.8. The maximum Gasteiger partial charge on any atom is 0.242 e. The first-order valence-electron chi connectivity index (χ1n) is 14.8. The third-order valence-corrected chi connectivity index (χ3v) is 7.91. The number of nitrogens with zero attached hydrogens (tertiary/aromatic N) is 2. The summed E-state index contributed by atoms with van der Waals surface area (Å²) in [4.78, 5) is 53.8. The monoisotopic (exact) mass is 592 g/mol. The molecule has 0 spiro atoms. The summed E-state index contributed by atoms with van der Waals surface area (Å²) in [5.41, 5.74) is 0.688. The lowest BCUT2D eigenvalue weighted by Gasteiger charge is -2.39. The second-order valence-electron chi connectivity index (χ2n) is 10.9. The SMILES string of the molecule is CCCCN(C(=O)CC(OC)C(C(C)CC)N(C)C(=O)CNC=O)C(OC)C(C)C(=O)NC(C)C(O)c1ccccc1. The Labute approximate surface area is 251 Å². The van der Waals surface area contributed by atoms with Crippen molar-refractivity contribution in [2.45, 2.75) is 90.8 Å². The number of hydrogen-bond donors (Lipinski definition) is 3. The number of carbonyl (C=O) groups excluding carboxylic acids is 4.